The lowest BCUT2D eigenvalue weighted by atomic mass is 9.87. The monoisotopic (exact) mass is 183 g/mol. The number of hydrogen-bond acceptors (Lipinski definition) is 0. The van der Waals surface area contributed by atoms with Gasteiger partial charge in [-0.05, 0) is 17.0 Å². The minimum Gasteiger partial charge on any atom is -0.288 e. The van der Waals surface area contributed by atoms with Crippen LogP contribution in [0.2, 0.25) is 5.02 Å². The Morgan fingerprint density at radius 3 is 2.25 bits per heavy atom. The molecule has 65 valence electrons. The molecule has 0 bridgehead atoms. The van der Waals surface area contributed by atoms with E-state index in [4.69, 9.17) is 11.6 Å². The first-order valence-corrected chi connectivity index (χ1v) is 4.27. The second-order valence-electron chi connectivity index (χ2n) is 3.87. The number of halogens is 1. The van der Waals surface area contributed by atoms with E-state index in [0.717, 1.165) is 5.56 Å². The lowest BCUT2D eigenvalue weighted by Gasteiger charge is -2.20. The van der Waals surface area contributed by atoms with Crippen LogP contribution in [-0.4, -0.2) is 0 Å². The Kier molecular flexibility index (Phi) is 2.34. The summed E-state index contributed by atoms with van der Waals surface area (Å²) < 4.78 is 0. The molecule has 0 aliphatic rings. The molecule has 0 fully saturated rings. The molecule has 1 nitrogen and oxygen atoms in total. The predicted octanol–water partition coefficient (Wildman–Crippen LogP) is 3.78. The zero-order valence-electron chi connectivity index (χ0n) is 7.52. The molecular formula is C10H12ClO. The van der Waals surface area contributed by atoms with Crippen LogP contribution in [0.1, 0.15) is 26.3 Å². The van der Waals surface area contributed by atoms with E-state index in [2.05, 4.69) is 0 Å². The Hall–Kier alpha value is -0.690. The van der Waals surface area contributed by atoms with Crippen molar-refractivity contribution in [3.05, 3.63) is 28.8 Å². The van der Waals surface area contributed by atoms with Crippen molar-refractivity contribution in [2.24, 2.45) is 0 Å². The Labute approximate surface area is 78.0 Å². The zero-order chi connectivity index (χ0) is 9.35. The summed E-state index contributed by atoms with van der Waals surface area (Å²) in [5, 5.41) is 11.5. The summed E-state index contributed by atoms with van der Waals surface area (Å²) in [5.41, 5.74) is 0.856. The Bertz CT molecular complexity index is 286. The Morgan fingerprint density at radius 1 is 1.25 bits per heavy atom. The maximum Gasteiger partial charge on any atom is 0.197 e. The van der Waals surface area contributed by atoms with Gasteiger partial charge in [-0.3, -0.25) is 5.11 Å². The third kappa shape index (κ3) is 1.72. The van der Waals surface area contributed by atoms with Crippen molar-refractivity contribution in [1.29, 1.82) is 0 Å². The summed E-state index contributed by atoms with van der Waals surface area (Å²) in [4.78, 5) is 0. The Balaban J connectivity index is 3.26. The van der Waals surface area contributed by atoms with Gasteiger partial charge in [-0.1, -0.05) is 44.5 Å². The SMILES string of the molecule is CC(C)(C)c1cccc([O])c1Cl. The fraction of sp³-hybridized carbons (Fsp3) is 0.400. The molecule has 0 aliphatic heterocycles. The van der Waals surface area contributed by atoms with Crippen molar-refractivity contribution >= 4 is 11.6 Å². The zero-order valence-corrected chi connectivity index (χ0v) is 8.27. The van der Waals surface area contributed by atoms with Crippen molar-refractivity contribution in [2.45, 2.75) is 26.2 Å². The molecule has 0 aromatic heterocycles. The van der Waals surface area contributed by atoms with E-state index in [0.29, 0.717) is 5.02 Å². The molecule has 1 radical (unpaired) electrons. The quantitative estimate of drug-likeness (QED) is 0.584. The van der Waals surface area contributed by atoms with Gasteiger partial charge < -0.3 is 0 Å². The fourth-order valence-corrected chi connectivity index (χ4v) is 1.50. The third-order valence-corrected chi connectivity index (χ3v) is 2.16. The van der Waals surface area contributed by atoms with E-state index in [1.54, 1.807) is 6.07 Å². The van der Waals surface area contributed by atoms with Gasteiger partial charge in [0.1, 0.15) is 0 Å². The minimum atomic E-state index is -0.0934. The van der Waals surface area contributed by atoms with Gasteiger partial charge in [0.25, 0.3) is 0 Å². The molecule has 0 spiro atoms. The van der Waals surface area contributed by atoms with Crippen molar-refractivity contribution < 1.29 is 5.11 Å². The van der Waals surface area contributed by atoms with Crippen LogP contribution in [0, 0.1) is 0 Å². The molecule has 0 amide bonds. The largest absolute Gasteiger partial charge is 0.288 e. The van der Waals surface area contributed by atoms with Gasteiger partial charge in [0.05, 0.1) is 5.02 Å². The summed E-state index contributed by atoms with van der Waals surface area (Å²) in [6, 6.07) is 5.12. The topological polar surface area (TPSA) is 19.9 Å². The molecule has 0 heterocycles. The standard InChI is InChI=1S/C10H12ClO/c1-10(2,3)7-5-4-6-8(12)9(7)11/h4-6H,1-3H3. The highest BCUT2D eigenvalue weighted by atomic mass is 35.5. The van der Waals surface area contributed by atoms with Crippen molar-refractivity contribution in [2.75, 3.05) is 0 Å². The highest BCUT2D eigenvalue weighted by Gasteiger charge is 2.19. The van der Waals surface area contributed by atoms with Crippen LogP contribution in [0.15, 0.2) is 18.2 Å². The summed E-state index contributed by atoms with van der Waals surface area (Å²) in [7, 11) is 0. The molecule has 0 N–H and O–H groups in total. The van der Waals surface area contributed by atoms with Gasteiger partial charge in [-0.25, -0.2) is 0 Å². The van der Waals surface area contributed by atoms with E-state index in [1.807, 2.05) is 26.8 Å². The molecule has 0 saturated heterocycles. The van der Waals surface area contributed by atoms with Crippen LogP contribution in [0.4, 0.5) is 0 Å². The molecule has 12 heavy (non-hydrogen) atoms. The van der Waals surface area contributed by atoms with Gasteiger partial charge in [0, 0.05) is 0 Å². The van der Waals surface area contributed by atoms with Gasteiger partial charge in [-0.2, -0.15) is 0 Å². The van der Waals surface area contributed by atoms with Crippen molar-refractivity contribution in [3.63, 3.8) is 0 Å². The van der Waals surface area contributed by atoms with Gasteiger partial charge in [-0.15, -0.1) is 0 Å². The molecule has 1 aromatic rings. The molecule has 0 unspecified atom stereocenters. The highest BCUT2D eigenvalue weighted by molar-refractivity contribution is 6.32. The Morgan fingerprint density at radius 2 is 1.83 bits per heavy atom. The van der Waals surface area contributed by atoms with Crippen molar-refractivity contribution in [1.82, 2.24) is 0 Å². The van der Waals surface area contributed by atoms with Gasteiger partial charge in [0.15, 0.2) is 5.75 Å². The lowest BCUT2D eigenvalue weighted by Crippen LogP contribution is -2.11. The summed E-state index contributed by atoms with van der Waals surface area (Å²) in [6.07, 6.45) is 0. The molecular weight excluding hydrogens is 172 g/mol. The van der Waals surface area contributed by atoms with Crippen LogP contribution in [-0.2, 0) is 10.5 Å². The summed E-state index contributed by atoms with van der Waals surface area (Å²) >= 11 is 5.87. The number of hydrogen-bond donors (Lipinski definition) is 0. The molecule has 0 aliphatic carbocycles. The molecule has 2 heteroatoms. The van der Waals surface area contributed by atoms with E-state index >= 15 is 0 Å². The molecule has 1 rings (SSSR count). The van der Waals surface area contributed by atoms with Crippen LogP contribution in [0.3, 0.4) is 0 Å². The minimum absolute atomic E-state index is 0.0580. The van der Waals surface area contributed by atoms with Gasteiger partial charge >= 0.3 is 0 Å². The summed E-state index contributed by atoms with van der Waals surface area (Å²) in [6.45, 7) is 6.11. The highest BCUT2D eigenvalue weighted by Crippen LogP contribution is 2.34. The maximum atomic E-state index is 11.2. The van der Waals surface area contributed by atoms with E-state index in [9.17, 15) is 5.11 Å². The van der Waals surface area contributed by atoms with Crippen LogP contribution >= 0.6 is 11.6 Å². The van der Waals surface area contributed by atoms with Crippen molar-refractivity contribution in [3.8, 4) is 5.75 Å². The molecule has 1 aromatic carbocycles. The first kappa shape index (κ1) is 9.40. The first-order chi connectivity index (χ1) is 5.43. The van der Waals surface area contributed by atoms with Gasteiger partial charge in [0.2, 0.25) is 0 Å². The lowest BCUT2D eigenvalue weighted by molar-refractivity contribution is 0.353. The molecule has 0 saturated carbocycles. The van der Waals surface area contributed by atoms with Crippen LogP contribution < -0.4 is 0 Å². The second-order valence-corrected chi connectivity index (χ2v) is 4.25. The van der Waals surface area contributed by atoms with E-state index in [1.165, 1.54) is 6.07 Å². The summed E-state index contributed by atoms with van der Waals surface area (Å²) in [5.74, 6) is -0.0934. The first-order valence-electron chi connectivity index (χ1n) is 3.89. The second kappa shape index (κ2) is 2.98. The average Bonchev–Trinajstić information content (AvgIpc) is 1.92. The van der Waals surface area contributed by atoms with E-state index in [-0.39, 0.29) is 11.2 Å². The van der Waals surface area contributed by atoms with E-state index < -0.39 is 0 Å². The van der Waals surface area contributed by atoms with Crippen LogP contribution in [0.5, 0.6) is 5.75 Å². The maximum absolute atomic E-state index is 11.2. The predicted molar refractivity (Wildman–Crippen MR) is 50.3 cm³/mol. The average molecular weight is 184 g/mol. The fourth-order valence-electron chi connectivity index (χ4n) is 1.09. The number of rotatable bonds is 0. The number of benzene rings is 1. The smallest absolute Gasteiger partial charge is 0.197 e. The van der Waals surface area contributed by atoms with Crippen LogP contribution in [0.25, 0.3) is 0 Å². The normalized spacial score (nSPS) is 11.7. The molecule has 0 atom stereocenters. The third-order valence-electron chi connectivity index (χ3n) is 1.77.